The summed E-state index contributed by atoms with van der Waals surface area (Å²) in [6.07, 6.45) is -0.178. The van der Waals surface area contributed by atoms with Gasteiger partial charge in [-0.25, -0.2) is 14.2 Å². The van der Waals surface area contributed by atoms with E-state index >= 15 is 0 Å². The zero-order chi connectivity index (χ0) is 20.4. The van der Waals surface area contributed by atoms with Gasteiger partial charge in [-0.15, -0.1) is 0 Å². The summed E-state index contributed by atoms with van der Waals surface area (Å²) in [5.74, 6) is -0.263. The molecule has 1 fully saturated rings. The van der Waals surface area contributed by atoms with E-state index in [0.717, 1.165) is 5.56 Å². The lowest BCUT2D eigenvalue weighted by Crippen LogP contribution is -2.38. The van der Waals surface area contributed by atoms with Gasteiger partial charge in [0.1, 0.15) is 11.6 Å². The lowest BCUT2D eigenvalue weighted by Gasteiger charge is -2.32. The number of benzene rings is 2. The van der Waals surface area contributed by atoms with Gasteiger partial charge in [-0.1, -0.05) is 12.1 Å². The van der Waals surface area contributed by atoms with E-state index in [-0.39, 0.29) is 17.5 Å². The molecular formula is C21H20FN3O4. The van der Waals surface area contributed by atoms with Crippen molar-refractivity contribution >= 4 is 16.9 Å². The highest BCUT2D eigenvalue weighted by Crippen LogP contribution is 2.23. The summed E-state index contributed by atoms with van der Waals surface area (Å²) in [5.41, 5.74) is 1.42. The predicted octanol–water partition coefficient (Wildman–Crippen LogP) is 2.42. The van der Waals surface area contributed by atoms with Crippen molar-refractivity contribution in [2.24, 2.45) is 0 Å². The molecule has 3 aromatic rings. The number of methoxy groups -OCH3 is 1. The van der Waals surface area contributed by atoms with Crippen LogP contribution in [0.4, 0.5) is 4.39 Å². The number of H-pyrrole nitrogens is 1. The number of nitrogens with one attached hydrogen (secondary N) is 1. The van der Waals surface area contributed by atoms with Crippen molar-refractivity contribution in [3.05, 3.63) is 75.6 Å². The van der Waals surface area contributed by atoms with Crippen molar-refractivity contribution in [1.29, 1.82) is 0 Å². The first kappa shape index (κ1) is 19.2. The SMILES string of the molecule is COC(=O)c1ccc2c(=O)[nH]c(CN3CCO[C@@H](c4ccc(F)cc4)C3)nc2c1. The molecule has 1 N–H and O–H groups in total. The maximum absolute atomic E-state index is 13.2. The van der Waals surface area contributed by atoms with E-state index in [1.54, 1.807) is 30.3 Å². The number of ether oxygens (including phenoxy) is 2. The smallest absolute Gasteiger partial charge is 0.337 e. The van der Waals surface area contributed by atoms with Crippen molar-refractivity contribution in [1.82, 2.24) is 14.9 Å². The van der Waals surface area contributed by atoms with Gasteiger partial charge in [0.2, 0.25) is 0 Å². The molecule has 7 nitrogen and oxygen atoms in total. The van der Waals surface area contributed by atoms with Crippen LogP contribution in [0.5, 0.6) is 0 Å². The lowest BCUT2D eigenvalue weighted by atomic mass is 10.1. The van der Waals surface area contributed by atoms with Crippen LogP contribution in [0.1, 0.15) is 27.8 Å². The summed E-state index contributed by atoms with van der Waals surface area (Å²) < 4.78 is 23.7. The third-order valence-electron chi connectivity index (χ3n) is 4.94. The molecular weight excluding hydrogens is 377 g/mol. The monoisotopic (exact) mass is 397 g/mol. The third-order valence-corrected chi connectivity index (χ3v) is 4.94. The highest BCUT2D eigenvalue weighted by atomic mass is 19.1. The van der Waals surface area contributed by atoms with E-state index in [1.807, 2.05) is 0 Å². The Morgan fingerprint density at radius 2 is 2.10 bits per heavy atom. The highest BCUT2D eigenvalue weighted by Gasteiger charge is 2.23. The molecule has 8 heteroatoms. The van der Waals surface area contributed by atoms with Crippen LogP contribution in [-0.2, 0) is 16.0 Å². The van der Waals surface area contributed by atoms with Crippen LogP contribution in [-0.4, -0.2) is 47.6 Å². The zero-order valence-corrected chi connectivity index (χ0v) is 15.9. The molecule has 0 aliphatic carbocycles. The number of aromatic nitrogens is 2. The Bertz CT molecular complexity index is 1100. The molecule has 1 aliphatic rings. The van der Waals surface area contributed by atoms with E-state index in [9.17, 15) is 14.0 Å². The van der Waals surface area contributed by atoms with E-state index < -0.39 is 5.97 Å². The Morgan fingerprint density at radius 3 is 2.86 bits per heavy atom. The first-order valence-corrected chi connectivity index (χ1v) is 9.24. The average molecular weight is 397 g/mol. The molecule has 2 heterocycles. The number of carbonyl (C=O) groups excluding carboxylic acids is 1. The van der Waals surface area contributed by atoms with Crippen LogP contribution in [0.3, 0.4) is 0 Å². The normalized spacial score (nSPS) is 17.4. The van der Waals surface area contributed by atoms with Crippen molar-refractivity contribution in [3.63, 3.8) is 0 Å². The lowest BCUT2D eigenvalue weighted by molar-refractivity contribution is -0.0336. The van der Waals surface area contributed by atoms with Crippen LogP contribution in [0.2, 0.25) is 0 Å². The maximum Gasteiger partial charge on any atom is 0.337 e. The first-order valence-electron chi connectivity index (χ1n) is 9.24. The predicted molar refractivity (Wildman–Crippen MR) is 104 cm³/mol. The average Bonchev–Trinajstić information content (AvgIpc) is 2.73. The van der Waals surface area contributed by atoms with Crippen molar-refractivity contribution in [2.75, 3.05) is 26.8 Å². The molecule has 0 amide bonds. The number of fused-ring (bicyclic) bond motifs is 1. The van der Waals surface area contributed by atoms with Crippen molar-refractivity contribution in [3.8, 4) is 0 Å². The second-order valence-corrected chi connectivity index (χ2v) is 6.88. The molecule has 150 valence electrons. The van der Waals surface area contributed by atoms with Crippen LogP contribution in [0.25, 0.3) is 10.9 Å². The van der Waals surface area contributed by atoms with E-state index in [0.29, 0.717) is 48.5 Å². The van der Waals surface area contributed by atoms with Crippen LogP contribution < -0.4 is 5.56 Å². The second-order valence-electron chi connectivity index (χ2n) is 6.88. The van der Waals surface area contributed by atoms with Gasteiger partial charge in [0, 0.05) is 13.1 Å². The number of esters is 1. The number of hydrogen-bond acceptors (Lipinski definition) is 6. The van der Waals surface area contributed by atoms with Gasteiger partial charge >= 0.3 is 5.97 Å². The largest absolute Gasteiger partial charge is 0.465 e. The Balaban J connectivity index is 1.55. The number of halogens is 1. The molecule has 0 bridgehead atoms. The van der Waals surface area contributed by atoms with Gasteiger partial charge in [-0.3, -0.25) is 9.69 Å². The summed E-state index contributed by atoms with van der Waals surface area (Å²) >= 11 is 0. The Kier molecular flexibility index (Phi) is 5.37. The van der Waals surface area contributed by atoms with Crippen LogP contribution in [0.15, 0.2) is 47.3 Å². The fourth-order valence-electron chi connectivity index (χ4n) is 3.44. The fraction of sp³-hybridized carbons (Fsp3) is 0.286. The van der Waals surface area contributed by atoms with Gasteiger partial charge in [-0.2, -0.15) is 0 Å². The minimum atomic E-state index is -0.481. The topological polar surface area (TPSA) is 84.5 Å². The zero-order valence-electron chi connectivity index (χ0n) is 15.9. The van der Waals surface area contributed by atoms with Crippen LogP contribution >= 0.6 is 0 Å². The van der Waals surface area contributed by atoms with E-state index in [2.05, 4.69) is 14.9 Å². The summed E-state index contributed by atoms with van der Waals surface area (Å²) in [4.78, 5) is 33.6. The van der Waals surface area contributed by atoms with Crippen molar-refractivity contribution < 1.29 is 18.7 Å². The maximum atomic E-state index is 13.2. The number of hydrogen-bond donors (Lipinski definition) is 1. The minimum absolute atomic E-state index is 0.178. The first-order chi connectivity index (χ1) is 14.0. The van der Waals surface area contributed by atoms with Gasteiger partial charge in [0.15, 0.2) is 0 Å². The molecule has 29 heavy (non-hydrogen) atoms. The molecule has 1 aliphatic heterocycles. The van der Waals surface area contributed by atoms with Gasteiger partial charge < -0.3 is 14.5 Å². The highest BCUT2D eigenvalue weighted by molar-refractivity contribution is 5.93. The standard InChI is InChI=1S/C21H20FN3O4/c1-28-21(27)14-4-7-16-17(10-14)23-19(24-20(16)26)12-25-8-9-29-18(11-25)13-2-5-15(22)6-3-13/h2-7,10,18H,8-9,11-12H2,1H3,(H,23,24,26)/t18-/m1/s1. The van der Waals surface area contributed by atoms with E-state index in [4.69, 9.17) is 9.47 Å². The minimum Gasteiger partial charge on any atom is -0.465 e. The summed E-state index contributed by atoms with van der Waals surface area (Å²) in [5, 5.41) is 0.410. The second kappa shape index (κ2) is 8.10. The van der Waals surface area contributed by atoms with E-state index in [1.165, 1.54) is 19.2 Å². The molecule has 0 unspecified atom stereocenters. The number of nitrogens with zero attached hydrogens (tertiary/aromatic N) is 2. The Labute approximate surface area is 166 Å². The Morgan fingerprint density at radius 1 is 1.31 bits per heavy atom. The molecule has 0 radical (unpaired) electrons. The summed E-state index contributed by atoms with van der Waals surface area (Å²) in [6, 6.07) is 10.9. The summed E-state index contributed by atoms with van der Waals surface area (Å²) in [6.45, 7) is 2.22. The van der Waals surface area contributed by atoms with Crippen LogP contribution in [0, 0.1) is 5.82 Å². The quantitative estimate of drug-likeness (QED) is 0.681. The molecule has 4 rings (SSSR count). The van der Waals surface area contributed by atoms with Gasteiger partial charge in [-0.05, 0) is 35.9 Å². The molecule has 1 saturated heterocycles. The number of rotatable bonds is 4. The molecule has 1 atom stereocenters. The van der Waals surface area contributed by atoms with Crippen molar-refractivity contribution in [2.45, 2.75) is 12.6 Å². The van der Waals surface area contributed by atoms with Gasteiger partial charge in [0.05, 0.1) is 42.8 Å². The molecule has 1 aromatic heterocycles. The number of aromatic amines is 1. The number of morpholine rings is 1. The molecule has 0 saturated carbocycles. The third kappa shape index (κ3) is 4.18. The number of carbonyl (C=O) groups is 1. The fourth-order valence-corrected chi connectivity index (χ4v) is 3.44. The van der Waals surface area contributed by atoms with Gasteiger partial charge in [0.25, 0.3) is 5.56 Å². The Hall–Kier alpha value is -3.10. The molecule has 2 aromatic carbocycles. The summed E-state index contributed by atoms with van der Waals surface area (Å²) in [7, 11) is 1.30. The molecule has 0 spiro atoms.